The monoisotopic (exact) mass is 517 g/mol. The van der Waals surface area contributed by atoms with Gasteiger partial charge in [-0.1, -0.05) is 44.9 Å². The van der Waals surface area contributed by atoms with Crippen molar-refractivity contribution in [3.8, 4) is 11.8 Å². The normalized spacial score (nSPS) is 32.5. The van der Waals surface area contributed by atoms with Gasteiger partial charge in [-0.2, -0.15) is 5.06 Å². The van der Waals surface area contributed by atoms with Crippen LogP contribution in [0.4, 0.5) is 0 Å². The first kappa shape index (κ1) is 26.8. The highest BCUT2D eigenvalue weighted by atomic mass is 16.7. The summed E-state index contributed by atoms with van der Waals surface area (Å²) in [6.07, 6.45) is 2.45. The number of aliphatic hydroxyl groups excluding tert-OH is 2. The van der Waals surface area contributed by atoms with Gasteiger partial charge >= 0.3 is 0 Å². The maximum absolute atomic E-state index is 13.8. The van der Waals surface area contributed by atoms with Gasteiger partial charge in [-0.05, 0) is 78.7 Å². The quantitative estimate of drug-likeness (QED) is 0.510. The highest BCUT2D eigenvalue weighted by Gasteiger charge is 2.57. The molecular weight excluding hydrogens is 478 g/mol. The molecule has 8 atom stereocenters. The number of fused-ring (bicyclic) bond motifs is 2. The first-order valence-corrected chi connectivity index (χ1v) is 13.7. The Balaban J connectivity index is 1.34. The number of aliphatic hydroxyl groups is 2. The predicted molar refractivity (Wildman–Crippen MR) is 144 cm³/mol. The van der Waals surface area contributed by atoms with Crippen LogP contribution in [0.2, 0.25) is 0 Å². The Bertz CT molecular complexity index is 1200. The maximum atomic E-state index is 13.8. The lowest BCUT2D eigenvalue weighted by atomic mass is 9.45. The summed E-state index contributed by atoms with van der Waals surface area (Å²) in [6.45, 7) is 8.65. The molecule has 3 saturated carbocycles. The van der Waals surface area contributed by atoms with Crippen molar-refractivity contribution in [1.82, 2.24) is 15.4 Å². The summed E-state index contributed by atoms with van der Waals surface area (Å²) >= 11 is 0. The minimum atomic E-state index is -0.820. The summed E-state index contributed by atoms with van der Waals surface area (Å²) in [5.74, 6) is 7.15. The van der Waals surface area contributed by atoms with Crippen molar-refractivity contribution in [3.05, 3.63) is 65.5 Å². The molecule has 2 aromatic rings. The van der Waals surface area contributed by atoms with Gasteiger partial charge in [-0.15, -0.1) is 0 Å². The third-order valence-corrected chi connectivity index (χ3v) is 9.33. The number of hydroxylamine groups is 2. The molecule has 7 heteroatoms. The van der Waals surface area contributed by atoms with E-state index in [2.05, 4.69) is 42.9 Å². The molecule has 3 N–H and O–H groups in total. The largest absolute Gasteiger partial charge is 0.394 e. The van der Waals surface area contributed by atoms with E-state index in [-0.39, 0.29) is 18.6 Å². The van der Waals surface area contributed by atoms with Crippen molar-refractivity contribution in [1.29, 1.82) is 0 Å². The topological polar surface area (TPSA) is 94.9 Å². The van der Waals surface area contributed by atoms with Gasteiger partial charge in [-0.25, -0.2) is 4.98 Å². The summed E-state index contributed by atoms with van der Waals surface area (Å²) in [4.78, 5) is 24.1. The van der Waals surface area contributed by atoms with Gasteiger partial charge in [0.25, 0.3) is 0 Å². The van der Waals surface area contributed by atoms with Crippen LogP contribution in [-0.4, -0.2) is 57.1 Å². The first-order chi connectivity index (χ1) is 18.2. The average Bonchev–Trinajstić information content (AvgIpc) is 3.27. The summed E-state index contributed by atoms with van der Waals surface area (Å²) in [7, 11) is 0. The fourth-order valence-electron chi connectivity index (χ4n) is 6.98. The second kappa shape index (κ2) is 10.8. The number of carbonyl (C=O) groups excluding carboxylic acids is 1. The Morgan fingerprint density at radius 1 is 1.24 bits per heavy atom. The third kappa shape index (κ3) is 5.11. The van der Waals surface area contributed by atoms with Crippen LogP contribution in [0.5, 0.6) is 0 Å². The van der Waals surface area contributed by atoms with Gasteiger partial charge in [0, 0.05) is 23.7 Å². The Labute approximate surface area is 225 Å². The minimum Gasteiger partial charge on any atom is -0.394 e. The molecule has 0 radical (unpaired) electrons. The lowest BCUT2D eigenvalue weighted by Gasteiger charge is -2.62. The Morgan fingerprint density at radius 2 is 2.05 bits per heavy atom. The molecule has 3 unspecified atom stereocenters. The molecule has 0 spiro atoms. The molecule has 2 bridgehead atoms. The zero-order chi connectivity index (χ0) is 27.0. The summed E-state index contributed by atoms with van der Waals surface area (Å²) in [5.41, 5.74) is 2.78. The number of nitrogens with one attached hydrogen (secondary N) is 1. The molecule has 1 aliphatic heterocycles. The number of carbonyl (C=O) groups is 1. The molecule has 1 aromatic heterocycles. The van der Waals surface area contributed by atoms with Crippen LogP contribution in [0.15, 0.2) is 48.7 Å². The average molecular weight is 518 g/mol. The van der Waals surface area contributed by atoms with E-state index >= 15 is 0 Å². The molecular formula is C31H39N3O4. The Hall–Kier alpha value is -2.76. The lowest BCUT2D eigenvalue weighted by Crippen LogP contribution is -2.62. The smallest absolute Gasteiger partial charge is 0.240 e. The number of pyridine rings is 1. The molecule has 3 aliphatic carbocycles. The van der Waals surface area contributed by atoms with E-state index in [9.17, 15) is 15.0 Å². The second-order valence-corrected chi connectivity index (χ2v) is 11.9. The number of nitrogens with zero attached hydrogens (tertiary/aromatic N) is 2. The lowest BCUT2D eigenvalue weighted by molar-refractivity contribution is -0.183. The minimum absolute atomic E-state index is 0.106. The van der Waals surface area contributed by atoms with E-state index in [1.807, 2.05) is 42.5 Å². The van der Waals surface area contributed by atoms with Crippen LogP contribution in [0, 0.1) is 40.9 Å². The van der Waals surface area contributed by atoms with Crippen molar-refractivity contribution in [2.24, 2.45) is 29.1 Å². The maximum Gasteiger partial charge on any atom is 0.240 e. The predicted octanol–water partition coefficient (Wildman–Crippen LogP) is 3.14. The van der Waals surface area contributed by atoms with Gasteiger partial charge in [-0.3, -0.25) is 9.63 Å². The van der Waals surface area contributed by atoms with Gasteiger partial charge < -0.3 is 15.5 Å². The first-order valence-electron chi connectivity index (χ1n) is 13.7. The Kier molecular flexibility index (Phi) is 7.61. The van der Waals surface area contributed by atoms with E-state index in [0.717, 1.165) is 17.5 Å². The van der Waals surface area contributed by atoms with E-state index < -0.39 is 24.2 Å². The van der Waals surface area contributed by atoms with E-state index in [0.29, 0.717) is 35.4 Å². The fourth-order valence-corrected chi connectivity index (χ4v) is 6.98. The summed E-state index contributed by atoms with van der Waals surface area (Å²) in [5, 5.41) is 25.6. The number of aromatic nitrogens is 1. The molecule has 1 saturated heterocycles. The van der Waals surface area contributed by atoms with Crippen molar-refractivity contribution >= 4 is 5.91 Å². The van der Waals surface area contributed by atoms with Crippen LogP contribution < -0.4 is 5.32 Å². The van der Waals surface area contributed by atoms with Crippen LogP contribution >= 0.6 is 0 Å². The van der Waals surface area contributed by atoms with Crippen LogP contribution in [0.1, 0.15) is 57.4 Å². The molecule has 38 heavy (non-hydrogen) atoms. The third-order valence-electron chi connectivity index (χ3n) is 9.33. The Morgan fingerprint density at radius 3 is 2.71 bits per heavy atom. The summed E-state index contributed by atoms with van der Waals surface area (Å²) in [6, 6.07) is 12.8. The van der Waals surface area contributed by atoms with Crippen molar-refractivity contribution in [3.63, 3.8) is 0 Å². The molecule has 1 amide bonds. The molecule has 2 heterocycles. The van der Waals surface area contributed by atoms with Gasteiger partial charge in [0.2, 0.25) is 5.91 Å². The zero-order valence-corrected chi connectivity index (χ0v) is 22.7. The van der Waals surface area contributed by atoms with Crippen LogP contribution in [0.25, 0.3) is 0 Å². The van der Waals surface area contributed by atoms with Crippen LogP contribution in [-0.2, 0) is 16.2 Å². The molecule has 7 nitrogen and oxygen atoms in total. The van der Waals surface area contributed by atoms with Gasteiger partial charge in [0.05, 0.1) is 19.3 Å². The van der Waals surface area contributed by atoms with Gasteiger partial charge in [0.1, 0.15) is 17.8 Å². The van der Waals surface area contributed by atoms with Gasteiger partial charge in [0.15, 0.2) is 0 Å². The number of amides is 1. The highest BCUT2D eigenvalue weighted by molar-refractivity contribution is 5.82. The summed E-state index contributed by atoms with van der Waals surface area (Å²) < 4.78 is 0. The molecule has 4 fully saturated rings. The van der Waals surface area contributed by atoms with Crippen LogP contribution in [0.3, 0.4) is 0 Å². The fraction of sp³-hybridized carbons (Fsp3) is 0.548. The van der Waals surface area contributed by atoms with E-state index in [1.54, 1.807) is 18.2 Å². The highest BCUT2D eigenvalue weighted by Crippen LogP contribution is 2.61. The number of hydrogen-bond donors (Lipinski definition) is 3. The molecule has 1 aromatic carbocycles. The zero-order valence-electron chi connectivity index (χ0n) is 22.7. The van der Waals surface area contributed by atoms with E-state index in [1.165, 1.54) is 6.42 Å². The second-order valence-electron chi connectivity index (χ2n) is 11.9. The SMILES string of the molecule is CC(O)C1[C@H](CO)ON(Cc2cccc(C#Cc3ccccn3)c2)[C@@H]1C(=O)N[C@H]1C[C@H]2CC([C@@H]1C)C2(C)C. The van der Waals surface area contributed by atoms with Crippen molar-refractivity contribution in [2.45, 2.75) is 71.4 Å². The van der Waals surface area contributed by atoms with E-state index in [4.69, 9.17) is 4.84 Å². The molecule has 202 valence electrons. The number of benzene rings is 1. The number of hydrogen-bond acceptors (Lipinski definition) is 6. The van der Waals surface area contributed by atoms with Crippen molar-refractivity contribution in [2.75, 3.05) is 6.61 Å². The van der Waals surface area contributed by atoms with Crippen molar-refractivity contribution < 1.29 is 19.8 Å². The molecule has 6 rings (SSSR count). The number of rotatable bonds is 6. The standard InChI is InChI=1S/C31H39N3O4/c1-19-25-15-23(31(25,3)4)16-26(19)33-30(37)29-28(20(2)36)27(18-35)38-34(29)17-22-9-7-8-21(14-22)11-12-24-10-5-6-13-32-24/h5-10,13-14,19-20,23,25-29,35-36H,15-18H2,1-4H3,(H,33,37)/t19-,20?,23+,25?,26-,27-,28?,29-/m0/s1. The molecule has 4 aliphatic rings.